The minimum absolute atomic E-state index is 0.126. The van der Waals surface area contributed by atoms with Crippen LogP contribution in [0.25, 0.3) is 0 Å². The standard InChI is InChI=1S/C70H129NO10/c1-4-7-10-13-16-19-22-24-26-27-28-29-30-31-32-33-34-35-36-37-38-40-43-46-49-52-55-58-65(75)81-68-67(77)66(76)64(59-72)80-70(68)79-60-61(62(73)56-53-50-47-44-41-21-18-15-12-9-6-3)71-69(78)63(74)57-54-51-48-45-42-39-25-23-20-17-14-11-8-5-2/h8,11,14,17,20,23,53,56,61-64,66-68,70,72-74,76-77H,4-7,9-10,12-13,15-16,18-19,21-22,24-52,54-55,57-60H2,1-3H3,(H,71,78)/b11-8+,17-14+,23-20+,56-53+. The molecule has 1 aliphatic heterocycles. The van der Waals surface area contributed by atoms with E-state index < -0.39 is 67.4 Å². The van der Waals surface area contributed by atoms with Gasteiger partial charge in [-0.05, 0) is 44.9 Å². The summed E-state index contributed by atoms with van der Waals surface area (Å²) in [5.41, 5.74) is 0. The van der Waals surface area contributed by atoms with Crippen LogP contribution in [0.5, 0.6) is 0 Å². The molecule has 6 N–H and O–H groups in total. The van der Waals surface area contributed by atoms with Gasteiger partial charge in [0.05, 0.1) is 25.4 Å². The molecule has 1 saturated heterocycles. The first-order valence-corrected chi connectivity index (χ1v) is 34.4. The van der Waals surface area contributed by atoms with Gasteiger partial charge in [-0.3, -0.25) is 9.59 Å². The van der Waals surface area contributed by atoms with E-state index in [2.05, 4.69) is 56.5 Å². The van der Waals surface area contributed by atoms with Crippen molar-refractivity contribution in [1.29, 1.82) is 0 Å². The number of carbonyl (C=O) groups excluding carboxylic acids is 2. The summed E-state index contributed by atoms with van der Waals surface area (Å²) in [4.78, 5) is 26.6. The molecule has 0 bridgehead atoms. The van der Waals surface area contributed by atoms with Crippen LogP contribution in [0.15, 0.2) is 48.6 Å². The molecule has 1 amide bonds. The van der Waals surface area contributed by atoms with E-state index in [9.17, 15) is 35.1 Å². The van der Waals surface area contributed by atoms with Crippen LogP contribution in [0.2, 0.25) is 0 Å². The molecular formula is C70H129NO10. The molecule has 11 nitrogen and oxygen atoms in total. The van der Waals surface area contributed by atoms with Gasteiger partial charge in [-0.15, -0.1) is 0 Å². The van der Waals surface area contributed by atoms with E-state index in [1.54, 1.807) is 6.08 Å². The number of aliphatic hydroxyl groups excluding tert-OH is 5. The number of esters is 1. The van der Waals surface area contributed by atoms with Crippen LogP contribution < -0.4 is 5.32 Å². The highest BCUT2D eigenvalue weighted by Crippen LogP contribution is 2.26. The molecule has 1 rings (SSSR count). The lowest BCUT2D eigenvalue weighted by Gasteiger charge is -2.41. The second kappa shape index (κ2) is 58.0. The molecule has 0 spiro atoms. The fourth-order valence-corrected chi connectivity index (χ4v) is 10.9. The van der Waals surface area contributed by atoms with Gasteiger partial charge in [0.1, 0.15) is 24.4 Å². The Morgan fingerprint density at radius 2 is 0.889 bits per heavy atom. The molecule has 1 aliphatic rings. The summed E-state index contributed by atoms with van der Waals surface area (Å²) >= 11 is 0. The second-order valence-electron chi connectivity index (χ2n) is 24.0. The summed E-state index contributed by atoms with van der Waals surface area (Å²) < 4.78 is 17.7. The predicted molar refractivity (Wildman–Crippen MR) is 338 cm³/mol. The molecule has 81 heavy (non-hydrogen) atoms. The van der Waals surface area contributed by atoms with Gasteiger partial charge in [0.25, 0.3) is 0 Å². The molecule has 1 heterocycles. The maximum atomic E-state index is 13.4. The van der Waals surface area contributed by atoms with Crippen LogP contribution in [0.4, 0.5) is 0 Å². The van der Waals surface area contributed by atoms with Gasteiger partial charge in [-0.1, -0.05) is 320 Å². The molecule has 1 fully saturated rings. The van der Waals surface area contributed by atoms with E-state index in [0.29, 0.717) is 12.8 Å². The Morgan fingerprint density at radius 3 is 1.32 bits per heavy atom. The SMILES string of the molecule is CC/C=C/C=C/C=C/CCCCCCCCC(O)C(=O)NC(COC1OC(CO)C(O)C(O)C1OC(=O)CCCCCCCCCCCCCCCCCCCCCCCCCCCCC)C(O)/C=C/CCCCCCCCCCC. The number of ether oxygens (including phenoxy) is 3. The molecule has 0 aliphatic carbocycles. The minimum atomic E-state index is -1.61. The first kappa shape index (κ1) is 76.6. The van der Waals surface area contributed by atoms with Crippen molar-refractivity contribution >= 4 is 11.9 Å². The van der Waals surface area contributed by atoms with Gasteiger partial charge in [0.2, 0.25) is 5.91 Å². The van der Waals surface area contributed by atoms with Crippen molar-refractivity contribution < 1.29 is 49.3 Å². The largest absolute Gasteiger partial charge is 0.454 e. The Bertz CT molecular complexity index is 1500. The van der Waals surface area contributed by atoms with Crippen molar-refractivity contribution in [2.75, 3.05) is 13.2 Å². The van der Waals surface area contributed by atoms with Crippen molar-refractivity contribution in [2.45, 2.75) is 372 Å². The number of carbonyl (C=O) groups is 2. The molecular weight excluding hydrogens is 1010 g/mol. The predicted octanol–water partition coefficient (Wildman–Crippen LogP) is 17.2. The number of rotatable bonds is 59. The number of unbranched alkanes of at least 4 members (excludes halogenated alkanes) is 41. The van der Waals surface area contributed by atoms with Crippen molar-refractivity contribution in [3.05, 3.63) is 48.6 Å². The van der Waals surface area contributed by atoms with Gasteiger partial charge >= 0.3 is 5.97 Å². The molecule has 8 unspecified atom stereocenters. The zero-order valence-corrected chi connectivity index (χ0v) is 52.7. The van der Waals surface area contributed by atoms with E-state index in [-0.39, 0.29) is 19.4 Å². The highest BCUT2D eigenvalue weighted by molar-refractivity contribution is 5.80. The molecule has 0 radical (unpaired) electrons. The summed E-state index contributed by atoms with van der Waals surface area (Å²) in [6.45, 7) is 5.68. The summed E-state index contributed by atoms with van der Waals surface area (Å²) in [5, 5.41) is 57.0. The lowest BCUT2D eigenvalue weighted by molar-refractivity contribution is -0.305. The molecule has 0 aromatic heterocycles. The van der Waals surface area contributed by atoms with Crippen molar-refractivity contribution in [3.8, 4) is 0 Å². The van der Waals surface area contributed by atoms with Gasteiger partial charge in [0.15, 0.2) is 12.4 Å². The summed E-state index contributed by atoms with van der Waals surface area (Å²) in [7, 11) is 0. The van der Waals surface area contributed by atoms with E-state index in [0.717, 1.165) is 83.5 Å². The first-order valence-electron chi connectivity index (χ1n) is 34.4. The maximum Gasteiger partial charge on any atom is 0.306 e. The molecule has 0 saturated carbocycles. The lowest BCUT2D eigenvalue weighted by Crippen LogP contribution is -2.61. The van der Waals surface area contributed by atoms with Crippen molar-refractivity contribution in [1.82, 2.24) is 5.32 Å². The molecule has 8 atom stereocenters. The van der Waals surface area contributed by atoms with E-state index in [4.69, 9.17) is 14.2 Å². The Balaban J connectivity index is 2.51. The first-order chi connectivity index (χ1) is 39.7. The number of aliphatic hydroxyl groups is 5. The molecule has 11 heteroatoms. The molecule has 0 aromatic carbocycles. The van der Waals surface area contributed by atoms with Crippen LogP contribution >= 0.6 is 0 Å². The number of hydrogen-bond acceptors (Lipinski definition) is 10. The zero-order chi connectivity index (χ0) is 58.9. The normalized spacial score (nSPS) is 18.9. The zero-order valence-electron chi connectivity index (χ0n) is 52.7. The van der Waals surface area contributed by atoms with Gasteiger partial charge in [-0.25, -0.2) is 0 Å². The summed E-state index contributed by atoms with van der Waals surface area (Å²) in [5.74, 6) is -1.20. The van der Waals surface area contributed by atoms with Crippen LogP contribution in [-0.4, -0.2) is 99.6 Å². The van der Waals surface area contributed by atoms with Gasteiger partial charge < -0.3 is 45.1 Å². The summed E-state index contributed by atoms with van der Waals surface area (Å²) in [6.07, 6.45) is 61.8. The smallest absolute Gasteiger partial charge is 0.306 e. The third-order valence-corrected chi connectivity index (χ3v) is 16.3. The number of nitrogens with one attached hydrogen (secondary N) is 1. The Labute approximate surface area is 497 Å². The fourth-order valence-electron chi connectivity index (χ4n) is 10.9. The van der Waals surface area contributed by atoms with E-state index in [1.807, 2.05) is 12.2 Å². The Hall–Kier alpha value is -2.38. The van der Waals surface area contributed by atoms with Crippen LogP contribution in [0.3, 0.4) is 0 Å². The van der Waals surface area contributed by atoms with E-state index in [1.165, 1.54) is 193 Å². The molecule has 474 valence electrons. The number of allylic oxidation sites excluding steroid dienone is 7. The average Bonchev–Trinajstić information content (AvgIpc) is 3.50. The van der Waals surface area contributed by atoms with Gasteiger partial charge in [-0.2, -0.15) is 0 Å². The van der Waals surface area contributed by atoms with Crippen LogP contribution in [0.1, 0.15) is 323 Å². The quantitative estimate of drug-likeness (QED) is 0.0149. The average molecular weight is 1140 g/mol. The topological polar surface area (TPSA) is 175 Å². The fraction of sp³-hybridized carbons (Fsp3) is 0.857. The van der Waals surface area contributed by atoms with Gasteiger partial charge in [0, 0.05) is 6.42 Å². The third kappa shape index (κ3) is 45.6. The highest BCUT2D eigenvalue weighted by atomic mass is 16.7. The second-order valence-corrected chi connectivity index (χ2v) is 24.0. The third-order valence-electron chi connectivity index (χ3n) is 16.3. The lowest BCUT2D eigenvalue weighted by atomic mass is 9.99. The van der Waals surface area contributed by atoms with E-state index >= 15 is 0 Å². The monoisotopic (exact) mass is 1140 g/mol. The minimum Gasteiger partial charge on any atom is -0.454 e. The maximum absolute atomic E-state index is 13.4. The Kier molecular flexibility index (Phi) is 54.9. The highest BCUT2D eigenvalue weighted by Gasteiger charge is 2.47. The number of amides is 1. The van der Waals surface area contributed by atoms with Crippen molar-refractivity contribution in [2.24, 2.45) is 0 Å². The van der Waals surface area contributed by atoms with Crippen LogP contribution in [-0.2, 0) is 23.8 Å². The number of hydrogen-bond donors (Lipinski definition) is 6. The van der Waals surface area contributed by atoms with Crippen LogP contribution in [0, 0.1) is 0 Å². The van der Waals surface area contributed by atoms with Crippen molar-refractivity contribution in [3.63, 3.8) is 0 Å². The Morgan fingerprint density at radius 1 is 0.494 bits per heavy atom. The summed E-state index contributed by atoms with van der Waals surface area (Å²) in [6, 6.07) is -1.03. The molecule has 0 aromatic rings.